The molecule has 0 unspecified atom stereocenters. The number of hydrogen-bond donors (Lipinski definition) is 3. The van der Waals surface area contributed by atoms with Gasteiger partial charge in [0, 0.05) is 36.7 Å². The van der Waals surface area contributed by atoms with Crippen LogP contribution in [-0.2, 0) is 32.0 Å². The second-order valence-corrected chi connectivity index (χ2v) is 10.8. The highest BCUT2D eigenvalue weighted by atomic mass is 16.7. The summed E-state index contributed by atoms with van der Waals surface area (Å²) in [5.74, 6) is -0.494. The summed E-state index contributed by atoms with van der Waals surface area (Å²) in [6, 6.07) is 23.1. The van der Waals surface area contributed by atoms with Gasteiger partial charge in [-0.1, -0.05) is 79.7 Å². The van der Waals surface area contributed by atoms with Gasteiger partial charge in [0.15, 0.2) is 6.29 Å². The smallest absolute Gasteiger partial charge is 0.328 e. The van der Waals surface area contributed by atoms with Crippen molar-refractivity contribution < 1.29 is 28.9 Å². The fourth-order valence-corrected chi connectivity index (χ4v) is 5.20. The molecule has 3 aromatic rings. The van der Waals surface area contributed by atoms with Crippen LogP contribution in [0.1, 0.15) is 41.6 Å². The molecule has 2 amide bonds. The van der Waals surface area contributed by atoms with Gasteiger partial charge in [-0.2, -0.15) is 0 Å². The molecule has 1 heterocycles. The number of anilines is 1. The molecule has 0 aromatic heterocycles. The van der Waals surface area contributed by atoms with Crippen molar-refractivity contribution in [3.05, 3.63) is 114 Å². The van der Waals surface area contributed by atoms with Crippen molar-refractivity contribution in [2.75, 3.05) is 32.6 Å². The second-order valence-electron chi connectivity index (χ2n) is 10.8. The lowest BCUT2D eigenvalue weighted by Gasteiger charge is -2.42. The Morgan fingerprint density at radius 3 is 2.44 bits per heavy atom. The number of aliphatic hydroxyl groups is 1. The highest BCUT2D eigenvalue weighted by Gasteiger charge is 2.38. The number of nitrogens with one attached hydrogen (secondary N) is 2. The lowest BCUT2D eigenvalue weighted by molar-refractivity contribution is -0.275. The molecule has 0 bridgehead atoms. The van der Waals surface area contributed by atoms with Gasteiger partial charge < -0.3 is 34.9 Å². The molecule has 9 heteroatoms. The van der Waals surface area contributed by atoms with Gasteiger partial charge in [-0.15, -0.1) is 6.58 Å². The van der Waals surface area contributed by atoms with Crippen LogP contribution in [0.15, 0.2) is 91.5 Å². The zero-order chi connectivity index (χ0) is 30.8. The first-order valence-electron chi connectivity index (χ1n) is 14.4. The number of urea groups is 1. The minimum absolute atomic E-state index is 0.0257. The minimum atomic E-state index is -0.853. The summed E-state index contributed by atoms with van der Waals surface area (Å²) in [7, 11) is 3.32. The Morgan fingerprint density at radius 2 is 1.77 bits per heavy atom. The zero-order valence-corrected chi connectivity index (χ0v) is 24.9. The fraction of sp³-hybridized carbons (Fsp3) is 0.353. The van der Waals surface area contributed by atoms with Crippen molar-refractivity contribution in [1.29, 1.82) is 0 Å². The average molecular weight is 588 g/mol. The molecule has 1 saturated heterocycles. The molecular weight excluding hydrogens is 546 g/mol. The van der Waals surface area contributed by atoms with Crippen molar-refractivity contribution in [1.82, 2.24) is 10.2 Å². The third kappa shape index (κ3) is 8.75. The summed E-state index contributed by atoms with van der Waals surface area (Å²) >= 11 is 0. The van der Waals surface area contributed by atoms with Crippen molar-refractivity contribution in [3.8, 4) is 0 Å². The first-order chi connectivity index (χ1) is 20.8. The van der Waals surface area contributed by atoms with Gasteiger partial charge in [0.1, 0.15) is 6.04 Å². The van der Waals surface area contributed by atoms with Crippen molar-refractivity contribution in [2.45, 2.75) is 44.5 Å². The quantitative estimate of drug-likeness (QED) is 0.202. The van der Waals surface area contributed by atoms with E-state index in [1.54, 1.807) is 12.1 Å². The van der Waals surface area contributed by atoms with E-state index in [-0.39, 0.29) is 24.7 Å². The number of rotatable bonds is 12. The topological polar surface area (TPSA) is 109 Å². The van der Waals surface area contributed by atoms with E-state index >= 15 is 0 Å². The number of ether oxygens (including phenoxy) is 3. The van der Waals surface area contributed by atoms with Crippen LogP contribution in [0.3, 0.4) is 0 Å². The molecule has 0 radical (unpaired) electrons. The third-order valence-corrected chi connectivity index (χ3v) is 7.55. The number of nitrogens with zero attached hydrogens (tertiary/aromatic N) is 1. The predicted octanol–water partition coefficient (Wildman–Crippen LogP) is 4.99. The molecule has 43 heavy (non-hydrogen) atoms. The van der Waals surface area contributed by atoms with Gasteiger partial charge in [-0.3, -0.25) is 0 Å². The van der Waals surface area contributed by atoms with Gasteiger partial charge >= 0.3 is 12.0 Å². The number of carbonyl (C=O) groups excluding carboxylic acids is 2. The Labute approximate surface area is 253 Å². The number of benzene rings is 3. The molecule has 5 atom stereocenters. The molecule has 3 aromatic carbocycles. The highest BCUT2D eigenvalue weighted by Crippen LogP contribution is 2.42. The number of methoxy groups -OCH3 is 1. The molecule has 1 aliphatic heterocycles. The largest absolute Gasteiger partial charge is 0.467 e. The Balaban J connectivity index is 1.51. The molecular formula is C34H41N3O6. The van der Waals surface area contributed by atoms with Crippen LogP contribution in [-0.4, -0.2) is 61.4 Å². The SMILES string of the molecule is C=CCN(C)C[C@@H]1O[C@H](c2cccc(NC(=O)N[C@@H](Cc3ccccc3)C(=O)OC)c2)O[C@H](c2ccc(CO)cc2)[C@@H]1C. The maximum absolute atomic E-state index is 13.0. The number of carbonyl (C=O) groups is 2. The van der Waals surface area contributed by atoms with Crippen LogP contribution in [0.4, 0.5) is 10.5 Å². The number of amides is 2. The third-order valence-electron chi connectivity index (χ3n) is 7.55. The zero-order valence-electron chi connectivity index (χ0n) is 24.9. The van der Waals surface area contributed by atoms with Crippen LogP contribution in [0.5, 0.6) is 0 Å². The maximum atomic E-state index is 13.0. The Hall–Kier alpha value is -4.02. The van der Waals surface area contributed by atoms with Gasteiger partial charge in [0.05, 0.1) is 25.9 Å². The number of esters is 1. The maximum Gasteiger partial charge on any atom is 0.328 e. The molecule has 9 nitrogen and oxygen atoms in total. The molecule has 3 N–H and O–H groups in total. The molecule has 228 valence electrons. The number of likely N-dealkylation sites (N-methyl/N-ethyl adjacent to an activating group) is 1. The van der Waals surface area contributed by atoms with E-state index < -0.39 is 24.3 Å². The normalized spacial score (nSPS) is 20.7. The highest BCUT2D eigenvalue weighted by molar-refractivity contribution is 5.92. The number of aliphatic hydroxyl groups excluding tert-OH is 1. The second kappa shape index (κ2) is 15.5. The first-order valence-corrected chi connectivity index (χ1v) is 14.4. The lowest BCUT2D eigenvalue weighted by Crippen LogP contribution is -2.45. The Morgan fingerprint density at radius 1 is 1.02 bits per heavy atom. The van der Waals surface area contributed by atoms with Crippen LogP contribution in [0.25, 0.3) is 0 Å². The molecule has 0 aliphatic carbocycles. The first kappa shape index (κ1) is 31.9. The van der Waals surface area contributed by atoms with Crippen LogP contribution in [0, 0.1) is 5.92 Å². The average Bonchev–Trinajstić information content (AvgIpc) is 3.02. The van der Waals surface area contributed by atoms with Gasteiger partial charge in [0.25, 0.3) is 0 Å². The van der Waals surface area contributed by atoms with Crippen LogP contribution in [0.2, 0.25) is 0 Å². The van der Waals surface area contributed by atoms with E-state index in [4.69, 9.17) is 14.2 Å². The van der Waals surface area contributed by atoms with E-state index in [0.29, 0.717) is 18.7 Å². The van der Waals surface area contributed by atoms with E-state index in [9.17, 15) is 14.7 Å². The van der Waals surface area contributed by atoms with Crippen molar-refractivity contribution >= 4 is 17.7 Å². The van der Waals surface area contributed by atoms with Crippen LogP contribution >= 0.6 is 0 Å². The summed E-state index contributed by atoms with van der Waals surface area (Å²) in [5.41, 5.74) is 3.99. The Kier molecular flexibility index (Phi) is 11.5. The summed E-state index contributed by atoms with van der Waals surface area (Å²) in [6.45, 7) is 7.33. The van der Waals surface area contributed by atoms with E-state index in [1.807, 2.05) is 79.9 Å². The van der Waals surface area contributed by atoms with E-state index in [2.05, 4.69) is 29.0 Å². The molecule has 1 aliphatic rings. The Bertz CT molecular complexity index is 1350. The monoisotopic (exact) mass is 587 g/mol. The standard InChI is InChI=1S/C34H41N3O6/c1-5-18-37(3)21-30-23(2)31(26-16-14-25(22-38)15-17-26)43-33(42-30)27-12-9-13-28(20-27)35-34(40)36-29(32(39)41-4)19-24-10-7-6-8-11-24/h5-17,20,23,29-31,33,38H,1,18-19,21-22H2,2-4H3,(H2,35,36,40)/t23-,29+,30+,31+,33+/m1/s1. The molecule has 0 saturated carbocycles. The van der Waals surface area contributed by atoms with Gasteiger partial charge in [-0.05, 0) is 35.9 Å². The fourth-order valence-electron chi connectivity index (χ4n) is 5.20. The summed E-state index contributed by atoms with van der Waals surface area (Å²) in [6.07, 6.45) is 1.06. The van der Waals surface area contributed by atoms with E-state index in [1.165, 1.54) is 7.11 Å². The van der Waals surface area contributed by atoms with Gasteiger partial charge in [0.2, 0.25) is 0 Å². The summed E-state index contributed by atoms with van der Waals surface area (Å²) in [5, 5.41) is 15.1. The molecule has 4 rings (SSSR count). The lowest BCUT2D eigenvalue weighted by atomic mass is 9.90. The minimum Gasteiger partial charge on any atom is -0.467 e. The number of hydrogen-bond acceptors (Lipinski definition) is 7. The van der Waals surface area contributed by atoms with Crippen molar-refractivity contribution in [2.24, 2.45) is 5.92 Å². The predicted molar refractivity (Wildman–Crippen MR) is 165 cm³/mol. The summed E-state index contributed by atoms with van der Waals surface area (Å²) < 4.78 is 18.0. The molecule has 1 fully saturated rings. The van der Waals surface area contributed by atoms with E-state index in [0.717, 1.165) is 28.8 Å². The van der Waals surface area contributed by atoms with Crippen LogP contribution < -0.4 is 10.6 Å². The summed E-state index contributed by atoms with van der Waals surface area (Å²) in [4.78, 5) is 27.5. The van der Waals surface area contributed by atoms with Crippen molar-refractivity contribution in [3.63, 3.8) is 0 Å². The molecule has 0 spiro atoms. The van der Waals surface area contributed by atoms with Gasteiger partial charge in [-0.25, -0.2) is 9.59 Å².